The van der Waals surface area contributed by atoms with Crippen LogP contribution in [-0.4, -0.2) is 18.3 Å². The standard InChI is InChI=1S/C10H14BrNO2/c1-6(12)3-7-4-9(13)10(14-2)5-8(7)11/h4-6,13H,3,12H2,1-2H3/t6-/m1/s1. The van der Waals surface area contributed by atoms with Crippen LogP contribution in [0.25, 0.3) is 0 Å². The molecule has 0 spiro atoms. The summed E-state index contributed by atoms with van der Waals surface area (Å²) < 4.78 is 5.88. The Bertz CT molecular complexity index is 326. The van der Waals surface area contributed by atoms with Crippen molar-refractivity contribution >= 4 is 15.9 Å². The molecule has 0 unspecified atom stereocenters. The Kier molecular flexibility index (Phi) is 3.77. The quantitative estimate of drug-likeness (QED) is 0.874. The number of nitrogens with two attached hydrogens (primary N) is 1. The van der Waals surface area contributed by atoms with Crippen molar-refractivity contribution in [1.82, 2.24) is 0 Å². The summed E-state index contributed by atoms with van der Waals surface area (Å²) in [5.74, 6) is 0.608. The first-order chi connectivity index (χ1) is 6.54. The van der Waals surface area contributed by atoms with Gasteiger partial charge in [-0.2, -0.15) is 0 Å². The summed E-state index contributed by atoms with van der Waals surface area (Å²) in [4.78, 5) is 0. The molecule has 0 aromatic heterocycles. The molecule has 0 amide bonds. The van der Waals surface area contributed by atoms with Crippen LogP contribution in [0.5, 0.6) is 11.5 Å². The first-order valence-corrected chi connectivity index (χ1v) is 5.15. The second-order valence-electron chi connectivity index (χ2n) is 3.30. The molecule has 1 aromatic carbocycles. The number of phenols is 1. The molecule has 78 valence electrons. The summed E-state index contributed by atoms with van der Waals surface area (Å²) in [6.07, 6.45) is 0.720. The molecule has 0 radical (unpaired) electrons. The minimum absolute atomic E-state index is 0.0686. The molecule has 4 heteroatoms. The zero-order valence-corrected chi connectivity index (χ0v) is 9.84. The third-order valence-electron chi connectivity index (χ3n) is 1.89. The number of phenolic OH excluding ortho intramolecular Hbond substituents is 1. The Morgan fingerprint density at radius 3 is 2.71 bits per heavy atom. The first-order valence-electron chi connectivity index (χ1n) is 4.35. The summed E-state index contributed by atoms with van der Waals surface area (Å²) >= 11 is 3.40. The number of hydrogen-bond acceptors (Lipinski definition) is 3. The Labute approximate surface area is 92.0 Å². The van der Waals surface area contributed by atoms with Crippen molar-refractivity contribution in [2.24, 2.45) is 5.73 Å². The maximum absolute atomic E-state index is 9.54. The molecule has 0 aliphatic heterocycles. The summed E-state index contributed by atoms with van der Waals surface area (Å²) in [5, 5.41) is 9.54. The molecule has 0 aliphatic rings. The van der Waals surface area contributed by atoms with Crippen LogP contribution in [0.15, 0.2) is 16.6 Å². The highest BCUT2D eigenvalue weighted by molar-refractivity contribution is 9.10. The van der Waals surface area contributed by atoms with E-state index in [1.807, 2.05) is 6.92 Å². The van der Waals surface area contributed by atoms with Crippen molar-refractivity contribution in [1.29, 1.82) is 0 Å². The molecule has 14 heavy (non-hydrogen) atoms. The fourth-order valence-electron chi connectivity index (χ4n) is 1.25. The number of rotatable bonds is 3. The number of hydrogen-bond donors (Lipinski definition) is 2. The lowest BCUT2D eigenvalue weighted by atomic mass is 10.1. The summed E-state index contributed by atoms with van der Waals surface area (Å²) in [5.41, 5.74) is 6.66. The lowest BCUT2D eigenvalue weighted by Crippen LogP contribution is -2.17. The van der Waals surface area contributed by atoms with E-state index in [-0.39, 0.29) is 11.8 Å². The zero-order valence-electron chi connectivity index (χ0n) is 8.25. The van der Waals surface area contributed by atoms with Gasteiger partial charge in [-0.05, 0) is 31.0 Å². The molecular weight excluding hydrogens is 246 g/mol. The Morgan fingerprint density at radius 1 is 1.57 bits per heavy atom. The molecule has 0 saturated carbocycles. The van der Waals surface area contributed by atoms with E-state index >= 15 is 0 Å². The third-order valence-corrected chi connectivity index (χ3v) is 2.63. The van der Waals surface area contributed by atoms with Crippen LogP contribution in [0, 0.1) is 0 Å². The van der Waals surface area contributed by atoms with Crippen molar-refractivity contribution in [2.45, 2.75) is 19.4 Å². The topological polar surface area (TPSA) is 55.5 Å². The molecule has 1 rings (SSSR count). The van der Waals surface area contributed by atoms with Crippen LogP contribution >= 0.6 is 15.9 Å². The summed E-state index contributed by atoms with van der Waals surface area (Å²) in [6.45, 7) is 1.92. The van der Waals surface area contributed by atoms with E-state index in [2.05, 4.69) is 15.9 Å². The van der Waals surface area contributed by atoms with E-state index in [9.17, 15) is 5.11 Å². The van der Waals surface area contributed by atoms with Crippen LogP contribution in [0.3, 0.4) is 0 Å². The van der Waals surface area contributed by atoms with E-state index in [0.717, 1.165) is 16.5 Å². The lowest BCUT2D eigenvalue weighted by Gasteiger charge is -2.10. The van der Waals surface area contributed by atoms with Gasteiger partial charge in [0.2, 0.25) is 0 Å². The minimum atomic E-state index is 0.0686. The van der Waals surface area contributed by atoms with E-state index in [1.54, 1.807) is 12.1 Å². The van der Waals surface area contributed by atoms with Gasteiger partial charge >= 0.3 is 0 Å². The van der Waals surface area contributed by atoms with E-state index in [1.165, 1.54) is 7.11 Å². The van der Waals surface area contributed by atoms with Gasteiger partial charge in [-0.3, -0.25) is 0 Å². The Morgan fingerprint density at radius 2 is 2.21 bits per heavy atom. The van der Waals surface area contributed by atoms with Gasteiger partial charge in [0.05, 0.1) is 7.11 Å². The van der Waals surface area contributed by atoms with Crippen molar-refractivity contribution in [3.05, 3.63) is 22.2 Å². The van der Waals surface area contributed by atoms with Crippen LogP contribution in [0.4, 0.5) is 0 Å². The molecule has 0 aliphatic carbocycles. The first kappa shape index (κ1) is 11.3. The number of benzene rings is 1. The van der Waals surface area contributed by atoms with Gasteiger partial charge in [-0.1, -0.05) is 15.9 Å². The predicted octanol–water partition coefficient (Wildman–Crippen LogP) is 2.05. The van der Waals surface area contributed by atoms with Gasteiger partial charge in [0.1, 0.15) is 0 Å². The van der Waals surface area contributed by atoms with Crippen molar-refractivity contribution < 1.29 is 9.84 Å². The number of methoxy groups -OCH3 is 1. The molecule has 1 aromatic rings. The molecule has 0 heterocycles. The molecule has 0 bridgehead atoms. The van der Waals surface area contributed by atoms with Crippen LogP contribution < -0.4 is 10.5 Å². The van der Waals surface area contributed by atoms with Gasteiger partial charge in [0, 0.05) is 10.5 Å². The van der Waals surface area contributed by atoms with Crippen molar-refractivity contribution in [3.8, 4) is 11.5 Å². The highest BCUT2D eigenvalue weighted by atomic mass is 79.9. The van der Waals surface area contributed by atoms with Gasteiger partial charge in [-0.15, -0.1) is 0 Å². The molecule has 1 atom stereocenters. The molecule has 3 nitrogen and oxygen atoms in total. The van der Waals surface area contributed by atoms with Gasteiger partial charge < -0.3 is 15.6 Å². The highest BCUT2D eigenvalue weighted by Gasteiger charge is 2.09. The van der Waals surface area contributed by atoms with E-state index in [0.29, 0.717) is 5.75 Å². The second kappa shape index (κ2) is 4.66. The largest absolute Gasteiger partial charge is 0.504 e. The molecule has 0 fully saturated rings. The fraction of sp³-hybridized carbons (Fsp3) is 0.400. The maximum atomic E-state index is 9.54. The van der Waals surface area contributed by atoms with Gasteiger partial charge in [0.15, 0.2) is 11.5 Å². The minimum Gasteiger partial charge on any atom is -0.504 e. The smallest absolute Gasteiger partial charge is 0.161 e. The fourth-order valence-corrected chi connectivity index (χ4v) is 1.74. The Balaban J connectivity index is 3.02. The lowest BCUT2D eigenvalue weighted by molar-refractivity contribution is 0.372. The van der Waals surface area contributed by atoms with Gasteiger partial charge in [-0.25, -0.2) is 0 Å². The van der Waals surface area contributed by atoms with Crippen molar-refractivity contribution in [3.63, 3.8) is 0 Å². The summed E-state index contributed by atoms with van der Waals surface area (Å²) in [7, 11) is 1.52. The van der Waals surface area contributed by atoms with Crippen LogP contribution in [-0.2, 0) is 6.42 Å². The van der Waals surface area contributed by atoms with E-state index < -0.39 is 0 Å². The molecular formula is C10H14BrNO2. The normalized spacial score (nSPS) is 12.6. The number of ether oxygens (including phenoxy) is 1. The maximum Gasteiger partial charge on any atom is 0.161 e. The second-order valence-corrected chi connectivity index (χ2v) is 4.15. The van der Waals surface area contributed by atoms with Crippen molar-refractivity contribution in [2.75, 3.05) is 7.11 Å². The zero-order chi connectivity index (χ0) is 10.7. The van der Waals surface area contributed by atoms with E-state index in [4.69, 9.17) is 10.5 Å². The average molecular weight is 260 g/mol. The SMILES string of the molecule is COc1cc(Br)c(C[C@@H](C)N)cc1O. The summed E-state index contributed by atoms with van der Waals surface area (Å²) in [6, 6.07) is 3.48. The Hall–Kier alpha value is -0.740. The third kappa shape index (κ3) is 2.62. The number of aromatic hydroxyl groups is 1. The molecule has 3 N–H and O–H groups in total. The average Bonchev–Trinajstić information content (AvgIpc) is 2.10. The monoisotopic (exact) mass is 259 g/mol. The molecule has 0 saturated heterocycles. The highest BCUT2D eigenvalue weighted by Crippen LogP contribution is 2.32. The number of halogens is 1. The van der Waals surface area contributed by atoms with Crippen LogP contribution in [0.2, 0.25) is 0 Å². The van der Waals surface area contributed by atoms with Crippen LogP contribution in [0.1, 0.15) is 12.5 Å². The van der Waals surface area contributed by atoms with Gasteiger partial charge in [0.25, 0.3) is 0 Å². The predicted molar refractivity (Wildman–Crippen MR) is 59.7 cm³/mol.